The second-order valence-corrected chi connectivity index (χ2v) is 1.93. The van der Waals surface area contributed by atoms with Crippen LogP contribution in [0.3, 0.4) is 0 Å². The quantitative estimate of drug-likeness (QED) is 0.430. The predicted octanol–water partition coefficient (Wildman–Crippen LogP) is 0.703. The maximum atomic E-state index is 10.2. The molecule has 1 atom stereocenters. The zero-order valence-electron chi connectivity index (χ0n) is 5.18. The topological polar surface area (TPSA) is 43.4 Å². The van der Waals surface area contributed by atoms with Crippen LogP contribution in [-0.2, 0) is 14.3 Å². The fourth-order valence-corrected chi connectivity index (χ4v) is 0.340. The van der Waals surface area contributed by atoms with Gasteiger partial charge in [-0.1, -0.05) is 0 Å². The molecule has 0 saturated carbocycles. The van der Waals surface area contributed by atoms with Gasteiger partial charge < -0.3 is 4.74 Å². The van der Waals surface area contributed by atoms with Crippen LogP contribution in [0.5, 0.6) is 0 Å². The van der Waals surface area contributed by atoms with E-state index in [0.29, 0.717) is 0 Å². The number of rotatable bonds is 2. The summed E-state index contributed by atoms with van der Waals surface area (Å²) in [6.07, 6.45) is -0.829. The second-order valence-electron chi connectivity index (χ2n) is 1.56. The number of carbonyl (C=O) groups is 2. The minimum atomic E-state index is -0.829. The number of carbonyl (C=O) groups excluding carboxylic acids is 2. The molecule has 52 valence electrons. The molecule has 0 aromatic heterocycles. The Kier molecular flexibility index (Phi) is 3.24. The van der Waals surface area contributed by atoms with Gasteiger partial charge in [0, 0.05) is 6.92 Å². The average molecular weight is 151 g/mol. The van der Waals surface area contributed by atoms with Crippen molar-refractivity contribution in [1.29, 1.82) is 0 Å². The normalized spacial score (nSPS) is 12.3. The van der Waals surface area contributed by atoms with Crippen LogP contribution in [0.1, 0.15) is 13.8 Å². The molecule has 0 aliphatic rings. The molecule has 0 aromatic rings. The van der Waals surface area contributed by atoms with E-state index in [1.165, 1.54) is 13.8 Å². The van der Waals surface area contributed by atoms with E-state index in [1.807, 2.05) is 0 Å². The van der Waals surface area contributed by atoms with Gasteiger partial charge >= 0.3 is 5.97 Å². The first-order chi connectivity index (χ1) is 4.04. The summed E-state index contributed by atoms with van der Waals surface area (Å²) in [6.45, 7) is 2.63. The molecule has 9 heavy (non-hydrogen) atoms. The predicted molar refractivity (Wildman–Crippen MR) is 32.1 cm³/mol. The number of hydrogen-bond acceptors (Lipinski definition) is 3. The van der Waals surface area contributed by atoms with E-state index in [4.69, 9.17) is 11.6 Å². The minimum Gasteiger partial charge on any atom is -0.453 e. The van der Waals surface area contributed by atoms with E-state index in [-0.39, 0.29) is 0 Å². The summed E-state index contributed by atoms with van der Waals surface area (Å²) < 4.78 is 4.39. The Balaban J connectivity index is 3.63. The van der Waals surface area contributed by atoms with E-state index in [1.54, 1.807) is 0 Å². The molecule has 0 aliphatic heterocycles. The Bertz CT molecular complexity index is 132. The molecule has 0 aliphatic carbocycles. The van der Waals surface area contributed by atoms with Gasteiger partial charge in [0.1, 0.15) is 0 Å². The molecule has 0 aromatic carbocycles. The van der Waals surface area contributed by atoms with Crippen LogP contribution in [-0.4, -0.2) is 17.3 Å². The number of esters is 1. The Morgan fingerprint density at radius 3 is 2.11 bits per heavy atom. The zero-order chi connectivity index (χ0) is 7.44. The maximum absolute atomic E-state index is 10.2. The minimum absolute atomic E-state index is 0.503. The van der Waals surface area contributed by atoms with Crippen molar-refractivity contribution in [3.8, 4) is 0 Å². The number of halogens is 1. The number of hydrogen-bond donors (Lipinski definition) is 0. The molecule has 0 radical (unpaired) electrons. The van der Waals surface area contributed by atoms with Crippen molar-refractivity contribution < 1.29 is 14.3 Å². The zero-order valence-corrected chi connectivity index (χ0v) is 5.94. The first kappa shape index (κ1) is 8.43. The van der Waals surface area contributed by atoms with Gasteiger partial charge in [-0.05, 0) is 18.5 Å². The van der Waals surface area contributed by atoms with Crippen LogP contribution in [0.25, 0.3) is 0 Å². The highest BCUT2D eigenvalue weighted by molar-refractivity contribution is 6.64. The van der Waals surface area contributed by atoms with E-state index < -0.39 is 17.3 Å². The lowest BCUT2D eigenvalue weighted by Crippen LogP contribution is -2.18. The number of ether oxygens (including phenoxy) is 1. The molecule has 0 heterocycles. The summed E-state index contributed by atoms with van der Waals surface area (Å²) in [4.78, 5) is 20.3. The summed E-state index contributed by atoms with van der Waals surface area (Å²) in [5, 5.41) is -0.662. The fraction of sp³-hybridized carbons (Fsp3) is 0.600. The van der Waals surface area contributed by atoms with Crippen molar-refractivity contribution in [2.24, 2.45) is 0 Å². The monoisotopic (exact) mass is 150 g/mol. The van der Waals surface area contributed by atoms with Gasteiger partial charge in [-0.15, -0.1) is 0 Å². The van der Waals surface area contributed by atoms with Gasteiger partial charge in [-0.3, -0.25) is 9.59 Å². The van der Waals surface area contributed by atoms with E-state index in [2.05, 4.69) is 4.74 Å². The first-order valence-electron chi connectivity index (χ1n) is 2.40. The molecule has 0 N–H and O–H groups in total. The highest BCUT2D eigenvalue weighted by atomic mass is 35.5. The summed E-state index contributed by atoms with van der Waals surface area (Å²) in [5.41, 5.74) is 0. The van der Waals surface area contributed by atoms with Crippen LogP contribution in [0.15, 0.2) is 0 Å². The van der Waals surface area contributed by atoms with Crippen LogP contribution < -0.4 is 0 Å². The largest absolute Gasteiger partial charge is 0.453 e. The molecule has 0 bridgehead atoms. The second kappa shape index (κ2) is 3.45. The van der Waals surface area contributed by atoms with Crippen molar-refractivity contribution in [1.82, 2.24) is 0 Å². The van der Waals surface area contributed by atoms with Crippen molar-refractivity contribution in [3.63, 3.8) is 0 Å². The summed E-state index contributed by atoms with van der Waals surface area (Å²) >= 11 is 4.96. The van der Waals surface area contributed by atoms with Crippen molar-refractivity contribution >= 4 is 22.8 Å². The third kappa shape index (κ3) is 3.97. The van der Waals surface area contributed by atoms with E-state index in [0.717, 1.165) is 0 Å². The molecule has 0 rings (SSSR count). The standard InChI is InChI=1S/C5H7ClO3/c1-3(5(6)8)9-4(2)7/h3H,1-2H3. The maximum Gasteiger partial charge on any atom is 0.303 e. The molecule has 0 saturated heterocycles. The molecular weight excluding hydrogens is 144 g/mol. The lowest BCUT2D eigenvalue weighted by Gasteiger charge is -2.04. The molecular formula is C5H7ClO3. The third-order valence-electron chi connectivity index (χ3n) is 0.662. The van der Waals surface area contributed by atoms with Crippen LogP contribution >= 0.6 is 11.6 Å². The molecule has 0 spiro atoms. The highest BCUT2D eigenvalue weighted by Gasteiger charge is 2.11. The van der Waals surface area contributed by atoms with Crippen LogP contribution in [0.2, 0.25) is 0 Å². The Labute approximate surface area is 57.9 Å². The summed E-state index contributed by atoms with van der Waals surface area (Å²) in [6, 6.07) is 0. The molecule has 4 heteroatoms. The van der Waals surface area contributed by atoms with Gasteiger partial charge in [0.25, 0.3) is 5.24 Å². The Morgan fingerprint density at radius 1 is 1.56 bits per heavy atom. The van der Waals surface area contributed by atoms with E-state index in [9.17, 15) is 9.59 Å². The van der Waals surface area contributed by atoms with Gasteiger partial charge in [-0.2, -0.15) is 0 Å². The van der Waals surface area contributed by atoms with Crippen molar-refractivity contribution in [2.75, 3.05) is 0 Å². The van der Waals surface area contributed by atoms with Crippen molar-refractivity contribution in [2.45, 2.75) is 20.0 Å². The SMILES string of the molecule is CC(=O)OC(C)C(=O)Cl. The van der Waals surface area contributed by atoms with Gasteiger partial charge in [0.05, 0.1) is 0 Å². The summed E-state index contributed by atoms with van der Waals surface area (Å²) in [5.74, 6) is -0.503. The van der Waals surface area contributed by atoms with Gasteiger partial charge in [-0.25, -0.2) is 0 Å². The van der Waals surface area contributed by atoms with E-state index >= 15 is 0 Å². The summed E-state index contributed by atoms with van der Waals surface area (Å²) in [7, 11) is 0. The smallest absolute Gasteiger partial charge is 0.303 e. The Morgan fingerprint density at radius 2 is 2.00 bits per heavy atom. The molecule has 0 amide bonds. The third-order valence-corrected chi connectivity index (χ3v) is 0.970. The first-order valence-corrected chi connectivity index (χ1v) is 2.78. The van der Waals surface area contributed by atoms with Crippen LogP contribution in [0.4, 0.5) is 0 Å². The Hall–Kier alpha value is -0.570. The van der Waals surface area contributed by atoms with Crippen molar-refractivity contribution in [3.05, 3.63) is 0 Å². The van der Waals surface area contributed by atoms with Gasteiger partial charge in [0.15, 0.2) is 6.10 Å². The molecule has 0 fully saturated rings. The molecule has 1 unspecified atom stereocenters. The lowest BCUT2D eigenvalue weighted by molar-refractivity contribution is -0.149. The molecule has 3 nitrogen and oxygen atoms in total. The highest BCUT2D eigenvalue weighted by Crippen LogP contribution is 1.95. The van der Waals surface area contributed by atoms with Gasteiger partial charge in [0.2, 0.25) is 0 Å². The average Bonchev–Trinajstić information content (AvgIpc) is 1.63. The lowest BCUT2D eigenvalue weighted by atomic mass is 10.4. The fourth-order valence-electron chi connectivity index (χ4n) is 0.295. The van der Waals surface area contributed by atoms with Crippen LogP contribution in [0, 0.1) is 0 Å².